The van der Waals surface area contributed by atoms with E-state index in [0.29, 0.717) is 22.4 Å². The van der Waals surface area contributed by atoms with Crippen LogP contribution in [0.2, 0.25) is 5.02 Å². The Morgan fingerprint density at radius 1 is 1.21 bits per heavy atom. The number of rotatable bonds is 6. The Morgan fingerprint density at radius 3 is 2.70 bits per heavy atom. The Kier molecular flexibility index (Phi) is 5.68. The van der Waals surface area contributed by atoms with Crippen LogP contribution in [-0.2, 0) is 0 Å². The molecule has 0 bridgehead atoms. The van der Waals surface area contributed by atoms with Gasteiger partial charge in [-0.05, 0) is 49.6 Å². The van der Waals surface area contributed by atoms with Crippen LogP contribution in [0.25, 0.3) is 22.2 Å². The van der Waals surface area contributed by atoms with Crippen LogP contribution in [-0.4, -0.2) is 27.9 Å². The largest absolute Gasteiger partial charge is 0.424 e. The van der Waals surface area contributed by atoms with Gasteiger partial charge in [0.15, 0.2) is 0 Å². The molecule has 5 rings (SSSR count). The van der Waals surface area contributed by atoms with Gasteiger partial charge >= 0.3 is 6.01 Å². The summed E-state index contributed by atoms with van der Waals surface area (Å²) in [6.07, 6.45) is 8.16. The number of aromatic nitrogens is 3. The van der Waals surface area contributed by atoms with Crippen molar-refractivity contribution in [1.82, 2.24) is 14.5 Å². The molecule has 1 saturated carbocycles. The van der Waals surface area contributed by atoms with E-state index in [-0.39, 0.29) is 6.01 Å². The molecule has 4 aromatic rings. The minimum Gasteiger partial charge on any atom is -0.424 e. The zero-order valence-corrected chi connectivity index (χ0v) is 18.8. The lowest BCUT2D eigenvalue weighted by Crippen LogP contribution is -2.17. The van der Waals surface area contributed by atoms with E-state index in [0.717, 1.165) is 40.7 Å². The third-order valence-corrected chi connectivity index (χ3v) is 6.18. The van der Waals surface area contributed by atoms with Gasteiger partial charge in [-0.15, -0.1) is 0 Å². The van der Waals surface area contributed by atoms with Gasteiger partial charge in [0.1, 0.15) is 11.8 Å². The number of ether oxygens (including phenoxy) is 1. The zero-order valence-electron chi connectivity index (χ0n) is 18.0. The first-order valence-electron chi connectivity index (χ1n) is 10.7. The van der Waals surface area contributed by atoms with Crippen LogP contribution in [0.4, 0.5) is 5.69 Å². The maximum Gasteiger partial charge on any atom is 0.321 e. The van der Waals surface area contributed by atoms with Gasteiger partial charge in [0.05, 0.1) is 33.8 Å². The molecule has 7 nitrogen and oxygen atoms in total. The summed E-state index contributed by atoms with van der Waals surface area (Å²) in [5.41, 5.74) is 4.12. The number of nitriles is 1. The Balaban J connectivity index is 1.66. The predicted molar refractivity (Wildman–Crippen MR) is 130 cm³/mol. The monoisotopic (exact) mass is 456 g/mol. The van der Waals surface area contributed by atoms with Crippen LogP contribution in [0.5, 0.6) is 11.8 Å². The topological polar surface area (TPSA) is 88.1 Å². The van der Waals surface area contributed by atoms with Gasteiger partial charge < -0.3 is 14.6 Å². The third-order valence-electron chi connectivity index (χ3n) is 5.87. The smallest absolute Gasteiger partial charge is 0.321 e. The summed E-state index contributed by atoms with van der Waals surface area (Å²) in [6, 6.07) is 16.3. The third kappa shape index (κ3) is 3.90. The highest BCUT2D eigenvalue weighted by Gasteiger charge is 2.28. The van der Waals surface area contributed by atoms with E-state index in [1.165, 1.54) is 6.42 Å². The maximum atomic E-state index is 10.1. The Hall–Kier alpha value is -3.89. The SMILES string of the molecule is CN=CNc1ccc(-c2c(C#N)c3ccc(Oc4ncccn4)cc3n2C2CCC2)cc1Cl. The lowest BCUT2D eigenvalue weighted by Gasteiger charge is -2.30. The first-order valence-corrected chi connectivity index (χ1v) is 11.1. The molecule has 0 unspecified atom stereocenters. The van der Waals surface area contributed by atoms with Crippen LogP contribution in [0.1, 0.15) is 30.9 Å². The molecule has 2 heterocycles. The Morgan fingerprint density at radius 2 is 2.03 bits per heavy atom. The van der Waals surface area contributed by atoms with Crippen molar-refractivity contribution in [3.05, 3.63) is 65.4 Å². The van der Waals surface area contributed by atoms with E-state index in [1.54, 1.807) is 31.8 Å². The van der Waals surface area contributed by atoms with Crippen molar-refractivity contribution in [2.24, 2.45) is 4.99 Å². The minimum absolute atomic E-state index is 0.282. The predicted octanol–water partition coefficient (Wildman–Crippen LogP) is 6.21. The van der Waals surface area contributed by atoms with Gasteiger partial charge in [0.25, 0.3) is 0 Å². The van der Waals surface area contributed by atoms with E-state index in [9.17, 15) is 5.26 Å². The summed E-state index contributed by atoms with van der Waals surface area (Å²) < 4.78 is 8.14. The van der Waals surface area contributed by atoms with E-state index in [1.807, 2.05) is 36.4 Å². The molecule has 8 heteroatoms. The normalized spacial score (nSPS) is 13.7. The second-order valence-corrected chi connectivity index (χ2v) is 8.24. The fourth-order valence-electron chi connectivity index (χ4n) is 4.13. The van der Waals surface area contributed by atoms with Crippen LogP contribution in [0, 0.1) is 11.3 Å². The van der Waals surface area contributed by atoms with Crippen LogP contribution in [0.15, 0.2) is 59.9 Å². The highest BCUT2D eigenvalue weighted by molar-refractivity contribution is 6.33. The minimum atomic E-state index is 0.282. The molecule has 33 heavy (non-hydrogen) atoms. The second-order valence-electron chi connectivity index (χ2n) is 7.83. The first kappa shape index (κ1) is 21.0. The highest BCUT2D eigenvalue weighted by atomic mass is 35.5. The second kappa shape index (κ2) is 8.93. The number of nitrogens with zero attached hydrogens (tertiary/aromatic N) is 5. The number of fused-ring (bicyclic) bond motifs is 1. The molecule has 0 aliphatic heterocycles. The van der Waals surface area contributed by atoms with Gasteiger partial charge in [0.2, 0.25) is 0 Å². The van der Waals surface area contributed by atoms with Crippen molar-refractivity contribution in [2.45, 2.75) is 25.3 Å². The van der Waals surface area contributed by atoms with E-state index in [4.69, 9.17) is 16.3 Å². The van der Waals surface area contributed by atoms with Crippen LogP contribution in [0.3, 0.4) is 0 Å². The van der Waals surface area contributed by atoms with Crippen molar-refractivity contribution in [3.63, 3.8) is 0 Å². The van der Waals surface area contributed by atoms with Crippen molar-refractivity contribution in [1.29, 1.82) is 5.26 Å². The molecular formula is C25H21ClN6O. The first-order chi connectivity index (χ1) is 16.2. The standard InChI is InChI=1S/C25H21ClN6O/c1-28-15-31-22-9-6-16(12-21(22)26)24-20(14-27)19-8-7-18(33-25-29-10-3-11-30-25)13-23(19)32(24)17-4-2-5-17/h3,6-13,15,17H,2,4-5H2,1H3,(H,28,31). The number of anilines is 1. The molecular weight excluding hydrogens is 436 g/mol. The molecule has 0 atom stereocenters. The summed E-state index contributed by atoms with van der Waals surface area (Å²) in [5.74, 6) is 0.624. The molecule has 1 N–H and O–H groups in total. The number of halogens is 1. The van der Waals surface area contributed by atoms with Gasteiger partial charge in [-0.3, -0.25) is 4.99 Å². The molecule has 0 radical (unpaired) electrons. The van der Waals surface area contributed by atoms with Crippen molar-refractivity contribution < 1.29 is 4.74 Å². The van der Waals surface area contributed by atoms with E-state index < -0.39 is 0 Å². The van der Waals surface area contributed by atoms with E-state index in [2.05, 4.69) is 30.9 Å². The molecule has 0 saturated heterocycles. The molecule has 2 aromatic carbocycles. The molecule has 164 valence electrons. The number of hydrogen-bond donors (Lipinski definition) is 1. The fraction of sp³-hybridized carbons (Fsp3) is 0.200. The lowest BCUT2D eigenvalue weighted by molar-refractivity contribution is 0.324. The molecule has 1 fully saturated rings. The number of aliphatic imine (C=N–C) groups is 1. The molecule has 1 aliphatic rings. The van der Waals surface area contributed by atoms with Gasteiger partial charge in [0, 0.05) is 42.5 Å². The highest BCUT2D eigenvalue weighted by Crippen LogP contribution is 2.44. The Labute approximate surface area is 196 Å². The quantitative estimate of drug-likeness (QED) is 0.275. The van der Waals surface area contributed by atoms with Crippen molar-refractivity contribution in [2.75, 3.05) is 12.4 Å². The summed E-state index contributed by atoms with van der Waals surface area (Å²) >= 11 is 6.55. The summed E-state index contributed by atoms with van der Waals surface area (Å²) in [7, 11) is 1.69. The van der Waals surface area contributed by atoms with Crippen LogP contribution >= 0.6 is 11.6 Å². The van der Waals surface area contributed by atoms with Crippen molar-refractivity contribution >= 4 is 34.5 Å². The van der Waals surface area contributed by atoms with Crippen molar-refractivity contribution in [3.8, 4) is 29.1 Å². The lowest BCUT2D eigenvalue weighted by atomic mass is 9.92. The average Bonchev–Trinajstić information content (AvgIpc) is 3.11. The molecule has 2 aromatic heterocycles. The van der Waals surface area contributed by atoms with Gasteiger partial charge in [-0.1, -0.05) is 17.7 Å². The number of hydrogen-bond acceptors (Lipinski definition) is 5. The summed E-state index contributed by atoms with van der Waals surface area (Å²) in [4.78, 5) is 12.2. The maximum absolute atomic E-state index is 10.1. The number of benzene rings is 2. The van der Waals surface area contributed by atoms with E-state index >= 15 is 0 Å². The average molecular weight is 457 g/mol. The van der Waals surface area contributed by atoms with Crippen LogP contribution < -0.4 is 10.1 Å². The zero-order chi connectivity index (χ0) is 22.8. The summed E-state index contributed by atoms with van der Waals surface area (Å²) in [6.45, 7) is 0. The summed E-state index contributed by atoms with van der Waals surface area (Å²) in [5, 5.41) is 14.6. The Bertz CT molecular complexity index is 1390. The van der Waals surface area contributed by atoms with Gasteiger partial charge in [-0.2, -0.15) is 5.26 Å². The molecule has 0 spiro atoms. The van der Waals surface area contributed by atoms with Gasteiger partial charge in [-0.25, -0.2) is 9.97 Å². The fourth-order valence-corrected chi connectivity index (χ4v) is 4.37. The molecule has 0 amide bonds. The number of nitrogens with one attached hydrogen (secondary N) is 1. The molecule has 1 aliphatic carbocycles.